The van der Waals surface area contributed by atoms with Crippen LogP contribution >= 0.6 is 0 Å². The highest BCUT2D eigenvalue weighted by atomic mass is 19.1. The normalized spacial score (nSPS) is 24.3. The molecule has 0 radical (unpaired) electrons. The molecule has 1 saturated carbocycles. The van der Waals surface area contributed by atoms with Gasteiger partial charge in [0.15, 0.2) is 0 Å². The van der Waals surface area contributed by atoms with Crippen LogP contribution in [0, 0.1) is 11.7 Å². The number of hydrogen-bond donors (Lipinski definition) is 1. The summed E-state index contributed by atoms with van der Waals surface area (Å²) in [6.07, 6.45) is 3.97. The van der Waals surface area contributed by atoms with Gasteiger partial charge in [0.1, 0.15) is 5.82 Å². The van der Waals surface area contributed by atoms with Gasteiger partial charge >= 0.3 is 0 Å². The molecule has 22 heavy (non-hydrogen) atoms. The molecule has 1 heterocycles. The second kappa shape index (κ2) is 7.73. The molecule has 0 spiro atoms. The van der Waals surface area contributed by atoms with Crippen molar-refractivity contribution in [2.24, 2.45) is 11.7 Å². The number of benzene rings is 1. The lowest BCUT2D eigenvalue weighted by atomic mass is 9.71. The Morgan fingerprint density at radius 1 is 1.27 bits per heavy atom. The maximum absolute atomic E-state index is 14.2. The van der Waals surface area contributed by atoms with Gasteiger partial charge < -0.3 is 5.73 Å². The second-order valence-corrected chi connectivity index (χ2v) is 6.10. The maximum Gasteiger partial charge on any atom is 0.220 e. The lowest BCUT2D eigenvalue weighted by molar-refractivity contribution is -0.124. The Kier molecular flexibility index (Phi) is 5.95. The van der Waals surface area contributed by atoms with Crippen molar-refractivity contribution in [2.45, 2.75) is 52.0 Å². The zero-order valence-corrected chi connectivity index (χ0v) is 13.6. The van der Waals surface area contributed by atoms with Gasteiger partial charge in [0, 0.05) is 18.0 Å². The fourth-order valence-corrected chi connectivity index (χ4v) is 3.25. The smallest absolute Gasteiger partial charge is 0.220 e. The van der Waals surface area contributed by atoms with E-state index in [0.29, 0.717) is 12.5 Å². The first-order valence-electron chi connectivity index (χ1n) is 8.43. The van der Waals surface area contributed by atoms with E-state index in [9.17, 15) is 9.18 Å². The molecule has 1 aromatic rings. The Morgan fingerprint density at radius 3 is 2.45 bits per heavy atom. The van der Waals surface area contributed by atoms with Crippen molar-refractivity contribution in [3.63, 3.8) is 0 Å². The van der Waals surface area contributed by atoms with Gasteiger partial charge in [-0.05, 0) is 56.3 Å². The zero-order chi connectivity index (χ0) is 16.1. The summed E-state index contributed by atoms with van der Waals surface area (Å²) >= 11 is 0. The molecule has 2 fully saturated rings. The third kappa shape index (κ3) is 3.86. The van der Waals surface area contributed by atoms with Crippen LogP contribution in [0.1, 0.15) is 56.6 Å². The molecule has 1 aliphatic carbocycles. The van der Waals surface area contributed by atoms with Crippen LogP contribution in [0.25, 0.3) is 0 Å². The van der Waals surface area contributed by atoms with Crippen LogP contribution in [-0.4, -0.2) is 23.9 Å². The average Bonchev–Trinajstić information content (AvgIpc) is 2.95. The number of rotatable bonds is 4. The number of nitrogens with zero attached hydrogens (tertiary/aromatic N) is 1. The van der Waals surface area contributed by atoms with E-state index in [4.69, 9.17) is 5.73 Å². The van der Waals surface area contributed by atoms with Crippen molar-refractivity contribution in [2.75, 3.05) is 13.1 Å². The van der Waals surface area contributed by atoms with Crippen molar-refractivity contribution in [3.8, 4) is 0 Å². The predicted molar refractivity (Wildman–Crippen MR) is 86.9 cm³/mol. The Hall–Kier alpha value is -1.42. The van der Waals surface area contributed by atoms with Crippen molar-refractivity contribution in [3.05, 3.63) is 35.1 Å². The molecule has 0 atom stereocenters. The number of primary amides is 1. The molecule has 1 aliphatic heterocycles. The monoisotopic (exact) mass is 306 g/mol. The minimum absolute atomic E-state index is 0.0210. The van der Waals surface area contributed by atoms with Gasteiger partial charge in [-0.3, -0.25) is 9.69 Å². The summed E-state index contributed by atoms with van der Waals surface area (Å²) in [5, 5.41) is 0. The highest BCUT2D eigenvalue weighted by Crippen LogP contribution is 2.41. The van der Waals surface area contributed by atoms with E-state index in [1.54, 1.807) is 6.07 Å². The number of nitrogens with two attached hydrogens (primary N) is 1. The lowest BCUT2D eigenvalue weighted by Gasteiger charge is -2.33. The van der Waals surface area contributed by atoms with Gasteiger partial charge in [0.05, 0.1) is 0 Å². The molecule has 3 rings (SSSR count). The van der Waals surface area contributed by atoms with Crippen molar-refractivity contribution in [1.29, 1.82) is 0 Å². The first-order valence-corrected chi connectivity index (χ1v) is 8.43. The van der Waals surface area contributed by atoms with Crippen LogP contribution in [0.3, 0.4) is 0 Å². The van der Waals surface area contributed by atoms with Crippen LogP contribution in [0.5, 0.6) is 0 Å². The molecule has 1 aromatic carbocycles. The van der Waals surface area contributed by atoms with Gasteiger partial charge in [0.25, 0.3) is 0 Å². The van der Waals surface area contributed by atoms with Crippen molar-refractivity contribution < 1.29 is 9.18 Å². The van der Waals surface area contributed by atoms with E-state index < -0.39 is 0 Å². The lowest BCUT2D eigenvalue weighted by Crippen LogP contribution is -2.33. The molecule has 2 aliphatic rings. The molecule has 1 saturated heterocycles. The van der Waals surface area contributed by atoms with Gasteiger partial charge in [-0.15, -0.1) is 0 Å². The van der Waals surface area contributed by atoms with Gasteiger partial charge in [0.2, 0.25) is 5.91 Å². The summed E-state index contributed by atoms with van der Waals surface area (Å²) in [5.41, 5.74) is 7.05. The van der Waals surface area contributed by atoms with Crippen LogP contribution in [0.4, 0.5) is 4.39 Å². The van der Waals surface area contributed by atoms with E-state index in [-0.39, 0.29) is 17.6 Å². The summed E-state index contributed by atoms with van der Waals surface area (Å²) in [6.45, 7) is 6.86. The Balaban J connectivity index is 0.000000847. The summed E-state index contributed by atoms with van der Waals surface area (Å²) in [4.78, 5) is 13.3. The van der Waals surface area contributed by atoms with Gasteiger partial charge in [-0.25, -0.2) is 4.39 Å². The van der Waals surface area contributed by atoms with Crippen LogP contribution in [0.2, 0.25) is 0 Å². The number of carbonyl (C=O) groups is 1. The molecular formula is C18H27FN2O. The maximum atomic E-state index is 14.2. The first kappa shape index (κ1) is 16.9. The third-order valence-electron chi connectivity index (χ3n) is 4.68. The van der Waals surface area contributed by atoms with E-state index in [2.05, 4.69) is 4.90 Å². The van der Waals surface area contributed by atoms with Gasteiger partial charge in [-0.2, -0.15) is 0 Å². The third-order valence-corrected chi connectivity index (χ3v) is 4.68. The highest BCUT2D eigenvalue weighted by Gasteiger charge is 2.34. The Labute approximate surface area is 132 Å². The van der Waals surface area contributed by atoms with Gasteiger partial charge in [-0.1, -0.05) is 26.0 Å². The summed E-state index contributed by atoms with van der Waals surface area (Å²) in [5.74, 6) is -0.0699. The molecule has 1 amide bonds. The number of hydrogen-bond acceptors (Lipinski definition) is 2. The molecule has 4 heteroatoms. The largest absolute Gasteiger partial charge is 0.369 e. The Bertz CT molecular complexity index is 506. The Morgan fingerprint density at radius 2 is 1.91 bits per heavy atom. The minimum atomic E-state index is -0.229. The fourth-order valence-electron chi connectivity index (χ4n) is 3.25. The van der Waals surface area contributed by atoms with Crippen LogP contribution < -0.4 is 5.73 Å². The molecule has 0 aromatic heterocycles. The van der Waals surface area contributed by atoms with E-state index >= 15 is 0 Å². The number of amides is 1. The zero-order valence-electron chi connectivity index (χ0n) is 13.6. The summed E-state index contributed by atoms with van der Waals surface area (Å²) in [6, 6.07) is 5.56. The number of carbonyl (C=O) groups excluding carboxylic acids is 1. The summed E-state index contributed by atoms with van der Waals surface area (Å²) < 4.78 is 14.2. The number of likely N-dealkylation sites (tertiary alicyclic amines) is 1. The predicted octanol–water partition coefficient (Wildman–Crippen LogP) is 3.43. The van der Waals surface area contributed by atoms with Crippen LogP contribution in [-0.2, 0) is 11.3 Å². The number of halogens is 1. The molecule has 2 N–H and O–H groups in total. The molecule has 0 bridgehead atoms. The molecule has 122 valence electrons. The molecular weight excluding hydrogens is 279 g/mol. The molecule has 0 unspecified atom stereocenters. The van der Waals surface area contributed by atoms with E-state index in [1.807, 2.05) is 26.0 Å². The highest BCUT2D eigenvalue weighted by molar-refractivity contribution is 5.77. The van der Waals surface area contributed by atoms with Crippen molar-refractivity contribution in [1.82, 2.24) is 4.90 Å². The molecule has 3 nitrogen and oxygen atoms in total. The first-order chi connectivity index (χ1) is 10.6. The van der Waals surface area contributed by atoms with Crippen molar-refractivity contribution >= 4 is 5.91 Å². The quantitative estimate of drug-likeness (QED) is 0.926. The van der Waals surface area contributed by atoms with E-state index in [0.717, 1.165) is 37.1 Å². The van der Waals surface area contributed by atoms with E-state index in [1.165, 1.54) is 12.8 Å². The topological polar surface area (TPSA) is 46.3 Å². The fraction of sp³-hybridized carbons (Fsp3) is 0.611. The summed E-state index contributed by atoms with van der Waals surface area (Å²) in [7, 11) is 0. The second-order valence-electron chi connectivity index (χ2n) is 6.10. The average molecular weight is 306 g/mol. The minimum Gasteiger partial charge on any atom is -0.369 e. The standard InChI is InChI=1S/C16H21FN2O.C2H6/c17-15-9-11(13-7-14(8-13)16(18)20)3-4-12(15)10-19-5-1-2-6-19;1-2/h3-4,9,13-14H,1-2,5-8,10H2,(H2,18,20);1-2H3. The van der Waals surface area contributed by atoms with Crippen LogP contribution in [0.15, 0.2) is 18.2 Å². The SMILES string of the molecule is CC.NC(=O)C1CC(c2ccc(CN3CCCC3)c(F)c2)C1.